The maximum atomic E-state index is 13.7. The number of hydrogen-bond acceptors (Lipinski definition) is 1. The third kappa shape index (κ3) is 2.83. The summed E-state index contributed by atoms with van der Waals surface area (Å²) in [6.45, 7) is 4.97. The van der Waals surface area contributed by atoms with Crippen molar-refractivity contribution in [3.05, 3.63) is 34.9 Å². The third-order valence-corrected chi connectivity index (χ3v) is 3.42. The second kappa shape index (κ2) is 5.13. The zero-order valence-electron chi connectivity index (χ0n) is 10.4. The van der Waals surface area contributed by atoms with Crippen molar-refractivity contribution in [2.45, 2.75) is 45.1 Å². The van der Waals surface area contributed by atoms with Gasteiger partial charge in [-0.15, -0.1) is 0 Å². The van der Waals surface area contributed by atoms with Crippen molar-refractivity contribution in [1.29, 1.82) is 0 Å². The van der Waals surface area contributed by atoms with Gasteiger partial charge in [-0.3, -0.25) is 0 Å². The second-order valence-electron chi connectivity index (χ2n) is 5.13. The summed E-state index contributed by atoms with van der Waals surface area (Å²) >= 11 is 0. The number of halogens is 2. The molecule has 0 amide bonds. The van der Waals surface area contributed by atoms with E-state index in [2.05, 4.69) is 5.32 Å². The standard InChI is InChI=1S/C14H19F2N/c1-9(2)10-6-11(14(16)13(15)8-10)7-12-4-3-5-17-12/h6,8-9,12,17H,3-5,7H2,1-2H3. The average Bonchev–Trinajstić information content (AvgIpc) is 2.77. The lowest BCUT2D eigenvalue weighted by Crippen LogP contribution is -2.24. The van der Waals surface area contributed by atoms with E-state index in [9.17, 15) is 8.78 Å². The topological polar surface area (TPSA) is 12.0 Å². The SMILES string of the molecule is CC(C)c1cc(F)c(F)c(CC2CCCN2)c1. The van der Waals surface area contributed by atoms with Crippen molar-refractivity contribution in [3.8, 4) is 0 Å². The Bertz CT molecular complexity index is 395. The van der Waals surface area contributed by atoms with Gasteiger partial charge in [0.2, 0.25) is 0 Å². The predicted octanol–water partition coefficient (Wildman–Crippen LogP) is 3.38. The van der Waals surface area contributed by atoms with Gasteiger partial charge in [-0.1, -0.05) is 19.9 Å². The predicted molar refractivity (Wildman–Crippen MR) is 65.2 cm³/mol. The van der Waals surface area contributed by atoms with Gasteiger partial charge in [0.25, 0.3) is 0 Å². The van der Waals surface area contributed by atoms with Gasteiger partial charge < -0.3 is 5.32 Å². The minimum Gasteiger partial charge on any atom is -0.314 e. The van der Waals surface area contributed by atoms with Gasteiger partial charge >= 0.3 is 0 Å². The highest BCUT2D eigenvalue weighted by atomic mass is 19.2. The summed E-state index contributed by atoms with van der Waals surface area (Å²) in [4.78, 5) is 0. The van der Waals surface area contributed by atoms with Crippen LogP contribution in [0.25, 0.3) is 0 Å². The average molecular weight is 239 g/mol. The molecule has 94 valence electrons. The van der Waals surface area contributed by atoms with Gasteiger partial charge in [-0.2, -0.15) is 0 Å². The summed E-state index contributed by atoms with van der Waals surface area (Å²) in [5.41, 5.74) is 1.38. The lowest BCUT2D eigenvalue weighted by molar-refractivity contribution is 0.486. The fourth-order valence-corrected chi connectivity index (χ4v) is 2.35. The van der Waals surface area contributed by atoms with E-state index in [0.717, 1.165) is 24.9 Å². The smallest absolute Gasteiger partial charge is 0.162 e. The van der Waals surface area contributed by atoms with Crippen LogP contribution in [0.1, 0.15) is 43.7 Å². The van der Waals surface area contributed by atoms with Crippen LogP contribution >= 0.6 is 0 Å². The van der Waals surface area contributed by atoms with Crippen LogP contribution in [0.3, 0.4) is 0 Å². The zero-order valence-corrected chi connectivity index (χ0v) is 10.4. The molecule has 1 aliphatic rings. The highest BCUT2D eigenvalue weighted by Crippen LogP contribution is 2.23. The Morgan fingerprint density at radius 3 is 2.71 bits per heavy atom. The molecule has 1 fully saturated rings. The van der Waals surface area contributed by atoms with Crippen molar-refractivity contribution in [2.24, 2.45) is 0 Å². The summed E-state index contributed by atoms with van der Waals surface area (Å²) in [5, 5.41) is 3.31. The van der Waals surface area contributed by atoms with Crippen LogP contribution in [0, 0.1) is 11.6 Å². The van der Waals surface area contributed by atoms with Gasteiger partial charge in [0.1, 0.15) is 0 Å². The van der Waals surface area contributed by atoms with Crippen molar-refractivity contribution < 1.29 is 8.78 Å². The van der Waals surface area contributed by atoms with Gasteiger partial charge in [-0.05, 0) is 48.9 Å². The molecule has 17 heavy (non-hydrogen) atoms. The Morgan fingerprint density at radius 1 is 1.35 bits per heavy atom. The maximum Gasteiger partial charge on any atom is 0.162 e. The molecular weight excluding hydrogens is 220 g/mol. The van der Waals surface area contributed by atoms with Crippen LogP contribution in [0.2, 0.25) is 0 Å². The van der Waals surface area contributed by atoms with Crippen molar-refractivity contribution in [2.75, 3.05) is 6.54 Å². The number of benzene rings is 1. The molecule has 1 atom stereocenters. The van der Waals surface area contributed by atoms with E-state index in [1.807, 2.05) is 19.9 Å². The number of rotatable bonds is 3. The van der Waals surface area contributed by atoms with E-state index in [0.29, 0.717) is 18.0 Å². The van der Waals surface area contributed by atoms with Crippen molar-refractivity contribution in [1.82, 2.24) is 5.32 Å². The van der Waals surface area contributed by atoms with E-state index < -0.39 is 11.6 Å². The largest absolute Gasteiger partial charge is 0.314 e. The molecule has 0 bridgehead atoms. The molecule has 1 aromatic carbocycles. The Kier molecular flexibility index (Phi) is 3.77. The Balaban J connectivity index is 2.24. The monoisotopic (exact) mass is 239 g/mol. The molecule has 3 heteroatoms. The number of hydrogen-bond donors (Lipinski definition) is 1. The lowest BCUT2D eigenvalue weighted by atomic mass is 9.96. The van der Waals surface area contributed by atoms with Crippen molar-refractivity contribution in [3.63, 3.8) is 0 Å². The van der Waals surface area contributed by atoms with Crippen LogP contribution in [-0.4, -0.2) is 12.6 Å². The highest BCUT2D eigenvalue weighted by molar-refractivity contribution is 5.29. The summed E-state index contributed by atoms with van der Waals surface area (Å²) in [6, 6.07) is 3.42. The first-order valence-electron chi connectivity index (χ1n) is 6.29. The Labute approximate surface area is 101 Å². The fourth-order valence-electron chi connectivity index (χ4n) is 2.35. The molecule has 1 heterocycles. The third-order valence-electron chi connectivity index (χ3n) is 3.42. The molecule has 1 N–H and O–H groups in total. The molecule has 1 aliphatic heterocycles. The molecule has 1 unspecified atom stereocenters. The molecule has 0 radical (unpaired) electrons. The molecular formula is C14H19F2N. The van der Waals surface area contributed by atoms with Crippen LogP contribution in [0.15, 0.2) is 12.1 Å². The minimum absolute atomic E-state index is 0.223. The second-order valence-corrected chi connectivity index (χ2v) is 5.13. The van der Waals surface area contributed by atoms with Crippen LogP contribution in [0.5, 0.6) is 0 Å². The van der Waals surface area contributed by atoms with Gasteiger partial charge in [0, 0.05) is 6.04 Å². The van der Waals surface area contributed by atoms with E-state index in [1.165, 1.54) is 6.07 Å². The van der Waals surface area contributed by atoms with Crippen LogP contribution < -0.4 is 5.32 Å². The summed E-state index contributed by atoms with van der Waals surface area (Å²) in [6.07, 6.45) is 2.76. The van der Waals surface area contributed by atoms with Gasteiger partial charge in [-0.25, -0.2) is 8.78 Å². The first-order chi connectivity index (χ1) is 8.08. The first kappa shape index (κ1) is 12.5. The molecule has 1 nitrogen and oxygen atoms in total. The first-order valence-corrected chi connectivity index (χ1v) is 6.29. The van der Waals surface area contributed by atoms with E-state index >= 15 is 0 Å². The zero-order chi connectivity index (χ0) is 12.4. The van der Waals surface area contributed by atoms with Crippen LogP contribution in [0.4, 0.5) is 8.78 Å². The van der Waals surface area contributed by atoms with E-state index in [4.69, 9.17) is 0 Å². The fraction of sp³-hybridized carbons (Fsp3) is 0.571. The molecule has 0 saturated carbocycles. The summed E-state index contributed by atoms with van der Waals surface area (Å²) in [7, 11) is 0. The quantitative estimate of drug-likeness (QED) is 0.852. The number of nitrogens with one attached hydrogen (secondary N) is 1. The molecule has 0 aromatic heterocycles. The molecule has 1 saturated heterocycles. The molecule has 0 aliphatic carbocycles. The van der Waals surface area contributed by atoms with E-state index in [1.54, 1.807) is 0 Å². The van der Waals surface area contributed by atoms with E-state index in [-0.39, 0.29) is 5.92 Å². The normalized spacial score (nSPS) is 20.2. The van der Waals surface area contributed by atoms with Gasteiger partial charge in [0.05, 0.1) is 0 Å². The van der Waals surface area contributed by atoms with Crippen LogP contribution in [-0.2, 0) is 6.42 Å². The maximum absolute atomic E-state index is 13.7. The molecule has 2 rings (SSSR count). The molecule has 1 aromatic rings. The Hall–Kier alpha value is -0.960. The molecule has 0 spiro atoms. The summed E-state index contributed by atoms with van der Waals surface area (Å²) in [5.74, 6) is -1.17. The summed E-state index contributed by atoms with van der Waals surface area (Å²) < 4.78 is 27.2. The lowest BCUT2D eigenvalue weighted by Gasteiger charge is -2.14. The minimum atomic E-state index is -0.718. The van der Waals surface area contributed by atoms with Gasteiger partial charge in [0.15, 0.2) is 11.6 Å². The Morgan fingerprint density at radius 2 is 2.12 bits per heavy atom. The highest BCUT2D eigenvalue weighted by Gasteiger charge is 2.19. The van der Waals surface area contributed by atoms with Crippen molar-refractivity contribution >= 4 is 0 Å².